The number of hydroxylamine groups is 1. The van der Waals surface area contributed by atoms with Gasteiger partial charge in [-0.3, -0.25) is 9.36 Å². The van der Waals surface area contributed by atoms with E-state index in [1.807, 2.05) is 45.5 Å². The van der Waals surface area contributed by atoms with Crippen molar-refractivity contribution in [3.05, 3.63) is 99.7 Å². The zero-order valence-corrected chi connectivity index (χ0v) is 26.9. The van der Waals surface area contributed by atoms with E-state index >= 15 is 0 Å². The highest BCUT2D eigenvalue weighted by molar-refractivity contribution is 6.04. The zero-order valence-electron chi connectivity index (χ0n) is 26.9. The first kappa shape index (κ1) is 31.4. The van der Waals surface area contributed by atoms with Crippen molar-refractivity contribution < 1.29 is 19.8 Å². The Morgan fingerprint density at radius 1 is 1.09 bits per heavy atom. The van der Waals surface area contributed by atoms with Gasteiger partial charge in [0.15, 0.2) is 5.84 Å². The van der Waals surface area contributed by atoms with Crippen molar-refractivity contribution in [2.45, 2.75) is 89.4 Å². The molecule has 3 N–H and O–H groups in total. The van der Waals surface area contributed by atoms with Crippen molar-refractivity contribution >= 4 is 11.6 Å². The monoisotopic (exact) mass is 638 g/mol. The van der Waals surface area contributed by atoms with Crippen LogP contribution in [-0.4, -0.2) is 59.9 Å². The van der Waals surface area contributed by atoms with E-state index in [9.17, 15) is 15.0 Å². The standard InChI is InChI=1S/C36H42N6O5/c1-4-8-31-29(19-23-11-13-24(14-12-23)27-9-6-7-10-28(27)32-39-35(44)47-40-32)33(43)41(34-37-21-38-42(31)34)25-15-17-26(18-16-25)46-20-36(45)22(3)30(36)5-2/h6-7,9-14,21,25-26,30,35,44-45H,3-5,8,15-20H2,1-2H3,(H,39,40). The van der Waals surface area contributed by atoms with Crippen molar-refractivity contribution in [1.82, 2.24) is 24.6 Å². The lowest BCUT2D eigenvalue weighted by atomic mass is 9.92. The Morgan fingerprint density at radius 2 is 1.83 bits per heavy atom. The molecular weight excluding hydrogens is 596 g/mol. The second-order valence-electron chi connectivity index (χ2n) is 12.9. The van der Waals surface area contributed by atoms with Gasteiger partial charge in [-0.2, -0.15) is 10.1 Å². The van der Waals surface area contributed by atoms with Crippen molar-refractivity contribution in [2.24, 2.45) is 10.9 Å². The molecule has 0 saturated heterocycles. The van der Waals surface area contributed by atoms with E-state index in [4.69, 9.17) is 9.57 Å². The molecule has 2 aromatic carbocycles. The third-order valence-electron chi connectivity index (χ3n) is 10.1. The van der Waals surface area contributed by atoms with Gasteiger partial charge >= 0.3 is 0 Å². The van der Waals surface area contributed by atoms with Crippen LogP contribution in [0.25, 0.3) is 16.9 Å². The maximum absolute atomic E-state index is 14.4. The van der Waals surface area contributed by atoms with Gasteiger partial charge in [0.25, 0.3) is 12.0 Å². The summed E-state index contributed by atoms with van der Waals surface area (Å²) in [6, 6.07) is 16.0. The third kappa shape index (κ3) is 5.82. The van der Waals surface area contributed by atoms with Crippen molar-refractivity contribution in [1.29, 1.82) is 0 Å². The molecule has 0 spiro atoms. The molecule has 47 heavy (non-hydrogen) atoms. The highest BCUT2D eigenvalue weighted by Crippen LogP contribution is 2.51. The lowest BCUT2D eigenvalue weighted by molar-refractivity contribution is -0.102. The smallest absolute Gasteiger partial charge is 0.280 e. The first-order valence-electron chi connectivity index (χ1n) is 16.7. The third-order valence-corrected chi connectivity index (χ3v) is 10.1. The lowest BCUT2D eigenvalue weighted by Gasteiger charge is -2.31. The van der Waals surface area contributed by atoms with Gasteiger partial charge in [0.1, 0.15) is 11.9 Å². The van der Waals surface area contributed by atoms with Crippen LogP contribution in [0, 0.1) is 5.92 Å². The summed E-state index contributed by atoms with van der Waals surface area (Å²) >= 11 is 0. The van der Waals surface area contributed by atoms with E-state index in [1.165, 1.54) is 6.33 Å². The van der Waals surface area contributed by atoms with Gasteiger partial charge in [-0.25, -0.2) is 19.8 Å². The van der Waals surface area contributed by atoms with E-state index in [2.05, 4.69) is 53.1 Å². The molecule has 11 heteroatoms. The van der Waals surface area contributed by atoms with Gasteiger partial charge in [0.05, 0.1) is 18.4 Å². The van der Waals surface area contributed by atoms with Crippen molar-refractivity contribution in [3.8, 4) is 11.1 Å². The lowest BCUT2D eigenvalue weighted by Crippen LogP contribution is -2.35. The fourth-order valence-corrected chi connectivity index (χ4v) is 7.42. The Bertz CT molecular complexity index is 1870. The molecule has 2 aromatic heterocycles. The number of benzene rings is 2. The Labute approximate surface area is 273 Å². The van der Waals surface area contributed by atoms with E-state index < -0.39 is 12.0 Å². The molecule has 0 radical (unpaired) electrons. The second-order valence-corrected chi connectivity index (χ2v) is 12.9. The topological polar surface area (TPSA) is 136 Å². The molecule has 2 aliphatic carbocycles. The molecule has 1 aliphatic heterocycles. The highest BCUT2D eigenvalue weighted by atomic mass is 16.7. The number of aliphatic hydroxyl groups excluding tert-OH is 1. The minimum atomic E-state index is -1.23. The number of nitrogens with zero attached hydrogens (tertiary/aromatic N) is 5. The summed E-state index contributed by atoms with van der Waals surface area (Å²) in [5.41, 5.74) is 8.09. The molecule has 0 bridgehead atoms. The van der Waals surface area contributed by atoms with Crippen LogP contribution >= 0.6 is 0 Å². The summed E-state index contributed by atoms with van der Waals surface area (Å²) in [5.74, 6) is 1.19. The normalized spacial score (nSPS) is 25.6. The minimum Gasteiger partial charge on any atom is -0.382 e. The van der Waals surface area contributed by atoms with Gasteiger partial charge in [0, 0.05) is 29.5 Å². The molecular formula is C36H42N6O5. The molecule has 246 valence electrons. The largest absolute Gasteiger partial charge is 0.382 e. The number of hydrogen-bond donors (Lipinski definition) is 3. The van der Waals surface area contributed by atoms with Crippen LogP contribution in [0.1, 0.15) is 80.8 Å². The van der Waals surface area contributed by atoms with Gasteiger partial charge in [0.2, 0.25) is 5.78 Å². The van der Waals surface area contributed by atoms with Crippen LogP contribution in [0.15, 0.2) is 76.8 Å². The summed E-state index contributed by atoms with van der Waals surface area (Å²) in [6.45, 7) is 8.47. The second kappa shape index (κ2) is 12.8. The number of aliphatic imine (C=N–C) groups is 1. The van der Waals surface area contributed by atoms with Crippen LogP contribution in [-0.2, 0) is 22.4 Å². The fourth-order valence-electron chi connectivity index (χ4n) is 7.42. The van der Waals surface area contributed by atoms with Crippen LogP contribution in [0.2, 0.25) is 0 Å². The summed E-state index contributed by atoms with van der Waals surface area (Å²) in [5, 5.41) is 25.1. The number of nitrogens with one attached hydrogen (secondary N) is 1. The van der Waals surface area contributed by atoms with Crippen molar-refractivity contribution in [2.75, 3.05) is 6.61 Å². The molecule has 4 aromatic rings. The summed E-state index contributed by atoms with van der Waals surface area (Å²) in [7, 11) is 0. The van der Waals surface area contributed by atoms with E-state index in [0.717, 1.165) is 77.6 Å². The first-order valence-corrected chi connectivity index (χ1v) is 16.7. The number of rotatable bonds is 11. The minimum absolute atomic E-state index is 0.00834. The molecule has 3 aliphatic rings. The van der Waals surface area contributed by atoms with Crippen LogP contribution in [0.3, 0.4) is 0 Å². The molecule has 2 fully saturated rings. The highest BCUT2D eigenvalue weighted by Gasteiger charge is 2.56. The summed E-state index contributed by atoms with van der Waals surface area (Å²) in [6.07, 6.45) is 6.45. The summed E-state index contributed by atoms with van der Waals surface area (Å²) < 4.78 is 9.90. The molecule has 7 rings (SSSR count). The summed E-state index contributed by atoms with van der Waals surface area (Å²) in [4.78, 5) is 28.1. The quantitative estimate of drug-likeness (QED) is 0.205. The maximum atomic E-state index is 14.4. The Morgan fingerprint density at radius 3 is 2.49 bits per heavy atom. The number of hydrogen-bond acceptors (Lipinski definition) is 9. The number of aromatic nitrogens is 4. The number of amidine groups is 1. The van der Waals surface area contributed by atoms with Gasteiger partial charge in [-0.05, 0) is 60.8 Å². The molecule has 3 unspecified atom stereocenters. The van der Waals surface area contributed by atoms with Crippen LogP contribution in [0.5, 0.6) is 0 Å². The molecule has 2 saturated carbocycles. The van der Waals surface area contributed by atoms with E-state index in [-0.39, 0.29) is 30.2 Å². The van der Waals surface area contributed by atoms with E-state index in [0.29, 0.717) is 24.5 Å². The predicted octanol–water partition coefficient (Wildman–Crippen LogP) is 4.49. The number of fused-ring (bicyclic) bond motifs is 1. The Hall–Kier alpha value is -4.16. The van der Waals surface area contributed by atoms with Gasteiger partial charge in [-0.15, -0.1) is 0 Å². The maximum Gasteiger partial charge on any atom is 0.280 e. The SMILES string of the molecule is C=C1C(CC)C1(O)COC1CCC(n2c(=O)c(Cc3ccc(-c4ccccc4C4=NC(O)ON4)cc3)c(CCC)n3ncnc23)CC1. The van der Waals surface area contributed by atoms with Crippen LogP contribution < -0.4 is 11.0 Å². The molecule has 11 nitrogen and oxygen atoms in total. The average Bonchev–Trinajstić information content (AvgIpc) is 3.48. The Balaban J connectivity index is 1.13. The van der Waals surface area contributed by atoms with Gasteiger partial charge < -0.3 is 14.9 Å². The number of ether oxygens (including phenoxy) is 1. The van der Waals surface area contributed by atoms with Crippen LogP contribution in [0.4, 0.5) is 0 Å². The number of aryl methyl sites for hydroxylation is 1. The number of aliphatic hydroxyl groups is 2. The van der Waals surface area contributed by atoms with E-state index in [1.54, 1.807) is 0 Å². The zero-order chi connectivity index (χ0) is 32.7. The van der Waals surface area contributed by atoms with Crippen molar-refractivity contribution in [3.63, 3.8) is 0 Å². The fraction of sp³-hybridized carbons (Fsp3) is 0.444. The predicted molar refractivity (Wildman–Crippen MR) is 178 cm³/mol. The molecule has 0 amide bonds. The van der Waals surface area contributed by atoms with Gasteiger partial charge in [-0.1, -0.05) is 75.4 Å². The average molecular weight is 639 g/mol. The first-order chi connectivity index (χ1) is 22.8. The molecule has 3 atom stereocenters. The Kier molecular flexibility index (Phi) is 8.56. The molecule has 3 heterocycles.